The van der Waals surface area contributed by atoms with Crippen LogP contribution >= 0.6 is 12.4 Å². The molecule has 2 N–H and O–H groups in total. The van der Waals surface area contributed by atoms with E-state index in [9.17, 15) is 4.79 Å². The quantitative estimate of drug-likeness (QED) is 0.769. The molecule has 0 aromatic rings. The van der Waals surface area contributed by atoms with Crippen molar-refractivity contribution in [2.24, 2.45) is 11.7 Å². The lowest BCUT2D eigenvalue weighted by molar-refractivity contribution is -0.137. The molecule has 4 heteroatoms. The lowest BCUT2D eigenvalue weighted by Gasteiger charge is -2.34. The first-order valence-electron chi connectivity index (χ1n) is 6.32. The Bertz CT molecular complexity index is 221. The molecular weight excluding hydrogens is 224 g/mol. The van der Waals surface area contributed by atoms with Crippen molar-refractivity contribution in [2.45, 2.75) is 51.0 Å². The molecule has 2 fully saturated rings. The van der Waals surface area contributed by atoms with Gasteiger partial charge in [0.05, 0.1) is 0 Å². The predicted octanol–water partition coefficient (Wildman–Crippen LogP) is 1.94. The Labute approximate surface area is 104 Å². The topological polar surface area (TPSA) is 46.3 Å². The molecule has 0 bridgehead atoms. The Kier molecular flexibility index (Phi) is 5.56. The second-order valence-corrected chi connectivity index (χ2v) is 5.00. The third-order valence-corrected chi connectivity index (χ3v) is 3.81. The third-order valence-electron chi connectivity index (χ3n) is 3.81. The van der Waals surface area contributed by atoms with Crippen molar-refractivity contribution in [3.63, 3.8) is 0 Å². The van der Waals surface area contributed by atoms with Gasteiger partial charge in [-0.05, 0) is 25.7 Å². The van der Waals surface area contributed by atoms with Gasteiger partial charge >= 0.3 is 0 Å². The summed E-state index contributed by atoms with van der Waals surface area (Å²) in [6, 6.07) is 0.320. The zero-order chi connectivity index (χ0) is 10.7. The highest BCUT2D eigenvalue weighted by Gasteiger charge is 2.27. The van der Waals surface area contributed by atoms with Crippen molar-refractivity contribution in [2.75, 3.05) is 13.1 Å². The summed E-state index contributed by atoms with van der Waals surface area (Å²) in [6.45, 7) is 1.77. The molecule has 3 nitrogen and oxygen atoms in total. The van der Waals surface area contributed by atoms with Crippen molar-refractivity contribution in [3.8, 4) is 0 Å². The summed E-state index contributed by atoms with van der Waals surface area (Å²) in [5.41, 5.74) is 5.84. The molecule has 1 saturated heterocycles. The number of halogens is 1. The number of hydrogen-bond acceptors (Lipinski definition) is 2. The van der Waals surface area contributed by atoms with Gasteiger partial charge in [0.15, 0.2) is 0 Å². The normalized spacial score (nSPS) is 23.9. The van der Waals surface area contributed by atoms with E-state index in [0.29, 0.717) is 17.9 Å². The molecule has 1 amide bonds. The van der Waals surface area contributed by atoms with E-state index in [1.807, 2.05) is 4.90 Å². The Morgan fingerprint density at radius 3 is 2.12 bits per heavy atom. The van der Waals surface area contributed by atoms with Gasteiger partial charge in [0.2, 0.25) is 5.91 Å². The van der Waals surface area contributed by atoms with Gasteiger partial charge in [0.1, 0.15) is 0 Å². The van der Waals surface area contributed by atoms with Gasteiger partial charge in [0.25, 0.3) is 0 Å². The summed E-state index contributed by atoms with van der Waals surface area (Å²) in [7, 11) is 0. The fourth-order valence-electron chi connectivity index (χ4n) is 2.73. The number of carbonyl (C=O) groups excluding carboxylic acids is 1. The molecule has 0 atom stereocenters. The molecule has 1 aliphatic heterocycles. The second-order valence-electron chi connectivity index (χ2n) is 5.00. The van der Waals surface area contributed by atoms with E-state index in [4.69, 9.17) is 5.73 Å². The van der Waals surface area contributed by atoms with E-state index in [2.05, 4.69) is 0 Å². The summed E-state index contributed by atoms with van der Waals surface area (Å²) in [6.07, 6.45) is 7.99. The molecule has 2 aliphatic rings. The molecule has 1 heterocycles. The first-order chi connectivity index (χ1) is 7.27. The summed E-state index contributed by atoms with van der Waals surface area (Å²) in [5, 5.41) is 0. The van der Waals surface area contributed by atoms with E-state index in [1.165, 1.54) is 19.3 Å². The number of hydrogen-bond donors (Lipinski definition) is 1. The van der Waals surface area contributed by atoms with Crippen LogP contribution in [0.4, 0.5) is 0 Å². The summed E-state index contributed by atoms with van der Waals surface area (Å²) in [5.74, 6) is 0.731. The van der Waals surface area contributed by atoms with Gasteiger partial charge in [-0.25, -0.2) is 0 Å². The van der Waals surface area contributed by atoms with E-state index in [0.717, 1.165) is 38.8 Å². The molecule has 2 rings (SSSR count). The summed E-state index contributed by atoms with van der Waals surface area (Å²) >= 11 is 0. The molecule has 16 heavy (non-hydrogen) atoms. The molecule has 0 radical (unpaired) electrons. The van der Waals surface area contributed by atoms with Crippen molar-refractivity contribution in [3.05, 3.63) is 0 Å². The highest BCUT2D eigenvalue weighted by atomic mass is 35.5. The highest BCUT2D eigenvalue weighted by Crippen LogP contribution is 2.26. The minimum Gasteiger partial charge on any atom is -0.342 e. The van der Waals surface area contributed by atoms with Crippen LogP contribution in [0.1, 0.15) is 44.9 Å². The van der Waals surface area contributed by atoms with Crippen molar-refractivity contribution in [1.29, 1.82) is 0 Å². The zero-order valence-corrected chi connectivity index (χ0v) is 10.7. The SMILES string of the molecule is Cl.NC1CCN(C(=O)C2CCCCC2)CC1. The first-order valence-corrected chi connectivity index (χ1v) is 6.32. The first kappa shape index (κ1) is 13.8. The Hall–Kier alpha value is -0.280. The van der Waals surface area contributed by atoms with Crippen molar-refractivity contribution >= 4 is 18.3 Å². The van der Waals surface area contributed by atoms with E-state index in [-0.39, 0.29) is 12.4 Å². The van der Waals surface area contributed by atoms with Crippen LogP contribution in [-0.4, -0.2) is 29.9 Å². The smallest absolute Gasteiger partial charge is 0.225 e. The van der Waals surface area contributed by atoms with Crippen LogP contribution in [0.25, 0.3) is 0 Å². The number of piperidine rings is 1. The summed E-state index contributed by atoms with van der Waals surface area (Å²) in [4.78, 5) is 14.2. The van der Waals surface area contributed by atoms with Gasteiger partial charge in [-0.15, -0.1) is 12.4 Å². The maximum absolute atomic E-state index is 12.1. The number of amides is 1. The van der Waals surface area contributed by atoms with Crippen LogP contribution in [0.3, 0.4) is 0 Å². The van der Waals surface area contributed by atoms with E-state index >= 15 is 0 Å². The number of nitrogens with zero attached hydrogens (tertiary/aromatic N) is 1. The average molecular weight is 247 g/mol. The fraction of sp³-hybridized carbons (Fsp3) is 0.917. The molecule has 0 unspecified atom stereocenters. The van der Waals surface area contributed by atoms with Crippen LogP contribution in [0.15, 0.2) is 0 Å². The van der Waals surface area contributed by atoms with Crippen LogP contribution in [0.2, 0.25) is 0 Å². The lowest BCUT2D eigenvalue weighted by atomic mass is 9.87. The summed E-state index contributed by atoms with van der Waals surface area (Å²) < 4.78 is 0. The Morgan fingerprint density at radius 2 is 1.56 bits per heavy atom. The molecular formula is C12H23ClN2O. The minimum absolute atomic E-state index is 0. The fourth-order valence-corrected chi connectivity index (χ4v) is 2.73. The molecule has 0 aromatic carbocycles. The number of rotatable bonds is 1. The Balaban J connectivity index is 0.00000128. The van der Waals surface area contributed by atoms with Gasteiger partial charge in [-0.3, -0.25) is 4.79 Å². The monoisotopic (exact) mass is 246 g/mol. The molecule has 1 aliphatic carbocycles. The standard InChI is InChI=1S/C12H22N2O.ClH/c13-11-6-8-14(9-7-11)12(15)10-4-2-1-3-5-10;/h10-11H,1-9,13H2;1H. The van der Waals surface area contributed by atoms with Gasteiger partial charge in [-0.2, -0.15) is 0 Å². The van der Waals surface area contributed by atoms with Crippen LogP contribution in [0, 0.1) is 5.92 Å². The van der Waals surface area contributed by atoms with E-state index < -0.39 is 0 Å². The van der Waals surface area contributed by atoms with Crippen LogP contribution < -0.4 is 5.73 Å². The molecule has 0 aromatic heterocycles. The largest absolute Gasteiger partial charge is 0.342 e. The zero-order valence-electron chi connectivity index (χ0n) is 9.86. The highest BCUT2D eigenvalue weighted by molar-refractivity contribution is 5.85. The number of nitrogens with two attached hydrogens (primary N) is 1. The van der Waals surface area contributed by atoms with Gasteiger partial charge in [0, 0.05) is 25.0 Å². The molecule has 94 valence electrons. The van der Waals surface area contributed by atoms with Crippen molar-refractivity contribution < 1.29 is 4.79 Å². The Morgan fingerprint density at radius 1 is 1.00 bits per heavy atom. The average Bonchev–Trinajstić information content (AvgIpc) is 2.30. The maximum Gasteiger partial charge on any atom is 0.225 e. The number of likely N-dealkylation sites (tertiary alicyclic amines) is 1. The van der Waals surface area contributed by atoms with Gasteiger partial charge < -0.3 is 10.6 Å². The third kappa shape index (κ3) is 3.36. The van der Waals surface area contributed by atoms with Crippen LogP contribution in [0.5, 0.6) is 0 Å². The van der Waals surface area contributed by atoms with Crippen LogP contribution in [-0.2, 0) is 4.79 Å². The van der Waals surface area contributed by atoms with Crippen molar-refractivity contribution in [1.82, 2.24) is 4.90 Å². The predicted molar refractivity (Wildman–Crippen MR) is 67.6 cm³/mol. The number of carbonyl (C=O) groups is 1. The van der Waals surface area contributed by atoms with Gasteiger partial charge in [-0.1, -0.05) is 19.3 Å². The maximum atomic E-state index is 12.1. The van der Waals surface area contributed by atoms with E-state index in [1.54, 1.807) is 0 Å². The molecule has 1 saturated carbocycles. The minimum atomic E-state index is 0. The molecule has 0 spiro atoms. The lowest BCUT2D eigenvalue weighted by Crippen LogP contribution is -2.45. The second kappa shape index (κ2) is 6.45.